The smallest absolute Gasteiger partial charge is 0.364 e. The summed E-state index contributed by atoms with van der Waals surface area (Å²) in [5, 5.41) is 0. The fourth-order valence-electron chi connectivity index (χ4n) is 1.67. The molecule has 2 fully saturated rings. The molecule has 2 rings (SSSR count). The van der Waals surface area contributed by atoms with Crippen LogP contribution in [0.2, 0.25) is 0 Å². The minimum absolute atomic E-state index is 0.398. The lowest BCUT2D eigenvalue weighted by Crippen LogP contribution is -2.39. The average Bonchev–Trinajstić information content (AvgIpc) is 2.31. The van der Waals surface area contributed by atoms with Crippen LogP contribution < -0.4 is 0 Å². The van der Waals surface area contributed by atoms with Crippen molar-refractivity contribution in [3.8, 4) is 0 Å². The zero-order valence-corrected chi connectivity index (χ0v) is 20.1. The normalized spacial score (nSPS) is 22.0. The van der Waals surface area contributed by atoms with Crippen LogP contribution in [0.5, 0.6) is 0 Å². The minimum Gasteiger partial charge on any atom is -0.364 e. The number of phosphoric acid groups is 3. The Kier molecular flexibility index (Phi) is 8.23. The second-order valence-electron chi connectivity index (χ2n) is 6.01. The molecule has 0 aromatic heterocycles. The van der Waals surface area contributed by atoms with E-state index in [-0.39, 0.29) is 0 Å². The molecule has 2 saturated heterocycles. The van der Waals surface area contributed by atoms with E-state index in [1.807, 2.05) is 0 Å². The zero-order chi connectivity index (χ0) is 19.8. The third-order valence-electron chi connectivity index (χ3n) is 2.31. The van der Waals surface area contributed by atoms with Crippen molar-refractivity contribution >= 4 is 53.8 Å². The van der Waals surface area contributed by atoms with E-state index >= 15 is 0 Å². The van der Waals surface area contributed by atoms with Crippen LogP contribution in [0.3, 0.4) is 0 Å². The Bertz CT molecular complexity index is 575. The SMILES string of the molecule is CC(C)OP1(=O)[O][Al]([O]P(=O)(OC(C)C)[O][Al]2[O]P(=O)(OC(C)C)[O]2)[O]1. The van der Waals surface area contributed by atoms with Gasteiger partial charge in [-0.25, -0.2) is 13.7 Å². The fraction of sp³-hybridized carbons (Fsp3) is 1.00. The topological polar surface area (TPSA) is 134 Å². The molecule has 0 aromatic rings. The molecule has 0 N–H and O–H groups in total. The molecule has 150 valence electrons. The van der Waals surface area contributed by atoms with Gasteiger partial charge in [-0.1, -0.05) is 0 Å². The molecule has 0 bridgehead atoms. The second kappa shape index (κ2) is 9.04. The molecule has 17 heteroatoms. The molecule has 12 nitrogen and oxygen atoms in total. The monoisotopic (exact) mass is 468 g/mol. The molecule has 0 atom stereocenters. The minimum atomic E-state index is -4.23. The maximum atomic E-state index is 12.7. The Hall–Kier alpha value is 1.39. The van der Waals surface area contributed by atoms with Gasteiger partial charge in [-0.15, -0.1) is 0 Å². The molecular formula is C9H21Al2O12P3. The summed E-state index contributed by atoms with van der Waals surface area (Å²) >= 11 is -6.12. The van der Waals surface area contributed by atoms with E-state index in [1.54, 1.807) is 41.5 Å². The van der Waals surface area contributed by atoms with Crippen LogP contribution in [-0.4, -0.2) is 48.6 Å². The number of rotatable bonds is 10. The molecule has 2 heterocycles. The molecule has 26 heavy (non-hydrogen) atoms. The van der Waals surface area contributed by atoms with Crippen molar-refractivity contribution in [2.75, 3.05) is 0 Å². The fourth-order valence-corrected chi connectivity index (χ4v) is 12.2. The first kappa shape index (κ1) is 23.7. The highest BCUT2D eigenvalue weighted by atomic mass is 31.2. The maximum Gasteiger partial charge on any atom is 0.931 e. The van der Waals surface area contributed by atoms with Gasteiger partial charge in [-0.2, -0.15) is 0 Å². The van der Waals surface area contributed by atoms with Crippen molar-refractivity contribution in [3.05, 3.63) is 0 Å². The molecule has 2 aliphatic rings. The van der Waals surface area contributed by atoms with Gasteiger partial charge < -0.3 is 21.5 Å². The van der Waals surface area contributed by atoms with E-state index in [0.717, 1.165) is 0 Å². The molecule has 0 aromatic carbocycles. The van der Waals surface area contributed by atoms with Crippen LogP contribution >= 0.6 is 23.5 Å². The first-order valence-corrected chi connectivity index (χ1v) is 15.0. The van der Waals surface area contributed by atoms with Gasteiger partial charge >= 0.3 is 53.8 Å². The third kappa shape index (κ3) is 7.02. The lowest BCUT2D eigenvalue weighted by molar-refractivity contribution is 0.0648. The van der Waals surface area contributed by atoms with Crippen molar-refractivity contribution in [1.82, 2.24) is 0 Å². The molecular weight excluding hydrogens is 447 g/mol. The summed E-state index contributed by atoms with van der Waals surface area (Å²) in [7, 11) is -11.6. The first-order valence-electron chi connectivity index (χ1n) is 7.78. The Morgan fingerprint density at radius 2 is 1.08 bits per heavy atom. The van der Waals surface area contributed by atoms with Gasteiger partial charge in [-0.3, -0.25) is 13.6 Å². The van der Waals surface area contributed by atoms with Crippen LogP contribution in [0.15, 0.2) is 0 Å². The Morgan fingerprint density at radius 3 is 1.35 bits per heavy atom. The largest absolute Gasteiger partial charge is 0.931 e. The van der Waals surface area contributed by atoms with Gasteiger partial charge in [0.25, 0.3) is 0 Å². The van der Waals surface area contributed by atoms with Gasteiger partial charge in [0.15, 0.2) is 0 Å². The molecule has 0 spiro atoms. The van der Waals surface area contributed by atoms with E-state index in [1.165, 1.54) is 0 Å². The van der Waals surface area contributed by atoms with E-state index in [2.05, 4.69) is 0 Å². The van der Waals surface area contributed by atoms with Gasteiger partial charge in [0.1, 0.15) is 0 Å². The number of hydrogen-bond acceptors (Lipinski definition) is 12. The summed E-state index contributed by atoms with van der Waals surface area (Å²) in [4.78, 5) is 0. The number of hydrogen-bond donors (Lipinski definition) is 0. The molecule has 0 radical (unpaired) electrons. The Morgan fingerprint density at radius 1 is 0.731 bits per heavy atom. The highest BCUT2D eigenvalue weighted by molar-refractivity contribution is 7.57. The van der Waals surface area contributed by atoms with E-state index in [9.17, 15) is 13.7 Å². The summed E-state index contributed by atoms with van der Waals surface area (Å²) in [5.41, 5.74) is 0. The van der Waals surface area contributed by atoms with Gasteiger partial charge in [-0.05, 0) is 41.5 Å². The second-order valence-corrected chi connectivity index (χ2v) is 15.5. The Balaban J connectivity index is 1.90. The van der Waals surface area contributed by atoms with Crippen LogP contribution in [0, 0.1) is 0 Å². The standard InChI is InChI=1S/3C3H9O4P.2Al/c3*1-3(2)7-8(4,5)6;;/h3*3H,1-2H3,(H2,4,5,6);;/q;;;2*+3/p-6. The average molecular weight is 468 g/mol. The van der Waals surface area contributed by atoms with Crippen molar-refractivity contribution in [2.24, 2.45) is 0 Å². The van der Waals surface area contributed by atoms with Crippen LogP contribution in [-0.2, 0) is 48.7 Å². The van der Waals surface area contributed by atoms with Gasteiger partial charge in [0.2, 0.25) is 0 Å². The predicted molar refractivity (Wildman–Crippen MR) is 89.5 cm³/mol. The quantitative estimate of drug-likeness (QED) is 0.342. The van der Waals surface area contributed by atoms with Crippen molar-refractivity contribution in [3.63, 3.8) is 0 Å². The molecule has 0 unspecified atom stereocenters. The van der Waals surface area contributed by atoms with Crippen molar-refractivity contribution < 1.29 is 48.7 Å². The third-order valence-corrected chi connectivity index (χ3v) is 14.7. The molecule has 2 aliphatic heterocycles. The zero-order valence-electron chi connectivity index (χ0n) is 15.1. The lowest BCUT2D eigenvalue weighted by atomic mass is 10.5. The summed E-state index contributed by atoms with van der Waals surface area (Å²) in [6.07, 6.45) is -1.35. The summed E-state index contributed by atoms with van der Waals surface area (Å²) in [6.45, 7) is 9.76. The van der Waals surface area contributed by atoms with Gasteiger partial charge in [0.05, 0.1) is 18.3 Å². The van der Waals surface area contributed by atoms with Crippen molar-refractivity contribution in [2.45, 2.75) is 59.9 Å². The highest BCUT2D eigenvalue weighted by Crippen LogP contribution is 2.66. The summed E-state index contributed by atoms with van der Waals surface area (Å²) < 4.78 is 81.8. The summed E-state index contributed by atoms with van der Waals surface area (Å²) in [5.74, 6) is 0. The van der Waals surface area contributed by atoms with E-state index in [0.29, 0.717) is 0 Å². The molecule has 0 amide bonds. The highest BCUT2D eigenvalue weighted by Gasteiger charge is 2.65. The van der Waals surface area contributed by atoms with Gasteiger partial charge in [0, 0.05) is 0 Å². The van der Waals surface area contributed by atoms with Crippen LogP contribution in [0.25, 0.3) is 0 Å². The van der Waals surface area contributed by atoms with Crippen LogP contribution in [0.1, 0.15) is 41.5 Å². The van der Waals surface area contributed by atoms with E-state index in [4.69, 9.17) is 35.0 Å². The Labute approximate surface area is 162 Å². The first-order chi connectivity index (χ1) is 11.8. The molecule has 0 aliphatic carbocycles. The maximum absolute atomic E-state index is 12.7. The van der Waals surface area contributed by atoms with Crippen LogP contribution in [0.4, 0.5) is 0 Å². The van der Waals surface area contributed by atoms with E-state index < -0.39 is 72.1 Å². The summed E-state index contributed by atoms with van der Waals surface area (Å²) in [6, 6.07) is 0. The molecule has 0 saturated carbocycles. The predicted octanol–water partition coefficient (Wildman–Crippen LogP) is 3.68. The van der Waals surface area contributed by atoms with Crippen molar-refractivity contribution in [1.29, 1.82) is 0 Å². The lowest BCUT2D eigenvalue weighted by Gasteiger charge is -2.36.